The van der Waals surface area contributed by atoms with Crippen molar-refractivity contribution in [3.05, 3.63) is 41.4 Å². The molecule has 0 aliphatic rings. The number of carbonyl (C=O) groups excluding carboxylic acids is 1. The first-order valence-corrected chi connectivity index (χ1v) is 7.48. The highest BCUT2D eigenvalue weighted by Gasteiger charge is 2.08. The summed E-state index contributed by atoms with van der Waals surface area (Å²) in [4.78, 5) is 15.2. The Morgan fingerprint density at radius 2 is 2.30 bits per heavy atom. The van der Waals surface area contributed by atoms with Gasteiger partial charge in [0.2, 0.25) is 5.91 Å². The first kappa shape index (κ1) is 15.0. The van der Waals surface area contributed by atoms with Crippen molar-refractivity contribution in [3.8, 4) is 5.69 Å². The molecule has 10 heteroatoms. The van der Waals surface area contributed by atoms with Crippen molar-refractivity contribution < 1.29 is 9.18 Å². The number of hydrogen-bond donors (Lipinski definition) is 2. The molecule has 2 heterocycles. The summed E-state index contributed by atoms with van der Waals surface area (Å²) in [5, 5.41) is 18.7. The molecule has 3 rings (SSSR count). The van der Waals surface area contributed by atoms with Crippen LogP contribution in [0, 0.1) is 5.82 Å². The quantitative estimate of drug-likeness (QED) is 0.739. The van der Waals surface area contributed by atoms with Gasteiger partial charge in [-0.3, -0.25) is 4.79 Å². The number of nitrogens with one attached hydrogen (secondary N) is 2. The fourth-order valence-electron chi connectivity index (χ4n) is 1.85. The zero-order valence-electron chi connectivity index (χ0n) is 12.0. The van der Waals surface area contributed by atoms with Gasteiger partial charge in [-0.25, -0.2) is 14.1 Å². The monoisotopic (exact) mass is 333 g/mol. The number of rotatable bonds is 5. The third-order valence-corrected chi connectivity index (χ3v) is 3.66. The largest absolute Gasteiger partial charge is 0.377 e. The lowest BCUT2D eigenvalue weighted by molar-refractivity contribution is -0.114. The average Bonchev–Trinajstić information content (AvgIpc) is 3.17. The Morgan fingerprint density at radius 1 is 1.43 bits per heavy atom. The van der Waals surface area contributed by atoms with Crippen LogP contribution in [0.1, 0.15) is 12.6 Å². The highest BCUT2D eigenvalue weighted by Crippen LogP contribution is 2.20. The van der Waals surface area contributed by atoms with Crippen LogP contribution in [0.5, 0.6) is 0 Å². The molecule has 118 valence electrons. The standard InChI is InChI=1S/C13H12FN7OS/c1-8(22)17-13-18-9(6-23-13)5-15-12-4-10(2-3-11(12)14)21-7-16-19-20-21/h2-4,6-7,15H,5H2,1H3,(H,17,18,22). The van der Waals surface area contributed by atoms with Crippen molar-refractivity contribution in [2.75, 3.05) is 10.6 Å². The summed E-state index contributed by atoms with van der Waals surface area (Å²) in [5.74, 6) is -0.571. The lowest BCUT2D eigenvalue weighted by atomic mass is 10.2. The van der Waals surface area contributed by atoms with Crippen LogP contribution in [0.2, 0.25) is 0 Å². The maximum atomic E-state index is 13.9. The number of halogens is 1. The molecular formula is C13H12FN7OS. The van der Waals surface area contributed by atoms with Crippen LogP contribution in [0.15, 0.2) is 29.9 Å². The van der Waals surface area contributed by atoms with E-state index in [1.165, 1.54) is 35.3 Å². The maximum absolute atomic E-state index is 13.9. The predicted octanol–water partition coefficient (Wildman–Crippen LogP) is 1.83. The number of benzene rings is 1. The number of anilines is 2. The predicted molar refractivity (Wildman–Crippen MR) is 82.9 cm³/mol. The number of aromatic nitrogens is 5. The topological polar surface area (TPSA) is 97.6 Å². The number of tetrazole rings is 1. The smallest absolute Gasteiger partial charge is 0.223 e. The lowest BCUT2D eigenvalue weighted by Gasteiger charge is -2.08. The second kappa shape index (κ2) is 6.48. The highest BCUT2D eigenvalue weighted by atomic mass is 32.1. The van der Waals surface area contributed by atoms with Crippen LogP contribution < -0.4 is 10.6 Å². The molecular weight excluding hydrogens is 321 g/mol. The molecule has 0 radical (unpaired) electrons. The minimum absolute atomic E-state index is 0.181. The van der Waals surface area contributed by atoms with Gasteiger partial charge in [0.25, 0.3) is 0 Å². The summed E-state index contributed by atoms with van der Waals surface area (Å²) in [6.45, 7) is 1.74. The second-order valence-electron chi connectivity index (χ2n) is 4.60. The van der Waals surface area contributed by atoms with Crippen molar-refractivity contribution >= 4 is 28.1 Å². The molecule has 0 spiro atoms. The van der Waals surface area contributed by atoms with Crippen molar-refractivity contribution in [1.29, 1.82) is 0 Å². The molecule has 2 aromatic heterocycles. The third kappa shape index (κ3) is 3.66. The SMILES string of the molecule is CC(=O)Nc1nc(CNc2cc(-n3cnnn3)ccc2F)cs1. The molecule has 0 bridgehead atoms. The van der Waals surface area contributed by atoms with E-state index in [0.717, 1.165) is 0 Å². The van der Waals surface area contributed by atoms with Gasteiger partial charge in [-0.05, 0) is 28.6 Å². The van der Waals surface area contributed by atoms with Crippen LogP contribution >= 0.6 is 11.3 Å². The summed E-state index contributed by atoms with van der Waals surface area (Å²) >= 11 is 1.31. The molecule has 2 N–H and O–H groups in total. The summed E-state index contributed by atoms with van der Waals surface area (Å²) < 4.78 is 15.3. The first-order valence-electron chi connectivity index (χ1n) is 6.60. The van der Waals surface area contributed by atoms with Crippen LogP contribution in [-0.2, 0) is 11.3 Å². The molecule has 0 aliphatic carbocycles. The number of nitrogens with zero attached hydrogens (tertiary/aromatic N) is 5. The Bertz CT molecular complexity index is 818. The van der Waals surface area contributed by atoms with Crippen molar-refractivity contribution in [2.24, 2.45) is 0 Å². The van der Waals surface area contributed by atoms with Crippen LogP contribution in [0.25, 0.3) is 5.69 Å². The van der Waals surface area contributed by atoms with Gasteiger partial charge in [0.1, 0.15) is 12.1 Å². The molecule has 0 saturated heterocycles. The fourth-order valence-corrected chi connectivity index (χ4v) is 2.61. The molecule has 23 heavy (non-hydrogen) atoms. The molecule has 3 aromatic rings. The van der Waals surface area contributed by atoms with Crippen LogP contribution in [0.4, 0.5) is 15.2 Å². The molecule has 1 amide bonds. The van der Waals surface area contributed by atoms with Crippen LogP contribution in [0.3, 0.4) is 0 Å². The Kier molecular flexibility index (Phi) is 4.24. The Balaban J connectivity index is 1.71. The average molecular weight is 333 g/mol. The fraction of sp³-hybridized carbons (Fsp3) is 0.154. The molecule has 0 fully saturated rings. The number of hydrogen-bond acceptors (Lipinski definition) is 7. The van der Waals surface area contributed by atoms with Gasteiger partial charge in [0, 0.05) is 12.3 Å². The number of carbonyl (C=O) groups is 1. The van der Waals surface area contributed by atoms with Crippen LogP contribution in [-0.4, -0.2) is 31.1 Å². The van der Waals surface area contributed by atoms with Gasteiger partial charge in [0.15, 0.2) is 5.13 Å². The van der Waals surface area contributed by atoms with E-state index >= 15 is 0 Å². The maximum Gasteiger partial charge on any atom is 0.223 e. The van der Waals surface area contributed by atoms with E-state index in [9.17, 15) is 9.18 Å². The van der Waals surface area contributed by atoms with Gasteiger partial charge in [0.05, 0.1) is 23.6 Å². The summed E-state index contributed by atoms with van der Waals surface area (Å²) in [7, 11) is 0. The molecule has 0 aliphatic heterocycles. The van der Waals surface area contributed by atoms with E-state index in [4.69, 9.17) is 0 Å². The van der Waals surface area contributed by atoms with Gasteiger partial charge < -0.3 is 10.6 Å². The Labute approximate surface area is 134 Å². The van der Waals surface area contributed by atoms with Crippen molar-refractivity contribution in [2.45, 2.75) is 13.5 Å². The number of amides is 1. The Hall–Kier alpha value is -2.88. The molecule has 0 unspecified atom stereocenters. The van der Waals surface area contributed by atoms with E-state index in [2.05, 4.69) is 31.1 Å². The minimum atomic E-state index is -0.390. The van der Waals surface area contributed by atoms with E-state index < -0.39 is 0 Å². The van der Waals surface area contributed by atoms with Gasteiger partial charge in [-0.15, -0.1) is 16.4 Å². The minimum Gasteiger partial charge on any atom is -0.377 e. The van der Waals surface area contributed by atoms with Crippen molar-refractivity contribution in [1.82, 2.24) is 25.2 Å². The summed E-state index contributed by atoms with van der Waals surface area (Å²) in [6.07, 6.45) is 1.43. The molecule has 0 saturated carbocycles. The van der Waals surface area contributed by atoms with E-state index in [1.54, 1.807) is 17.5 Å². The van der Waals surface area contributed by atoms with E-state index in [0.29, 0.717) is 28.7 Å². The summed E-state index contributed by atoms with van der Waals surface area (Å²) in [6, 6.07) is 4.52. The third-order valence-electron chi connectivity index (χ3n) is 2.86. The Morgan fingerprint density at radius 3 is 3.04 bits per heavy atom. The van der Waals surface area contributed by atoms with Crippen molar-refractivity contribution in [3.63, 3.8) is 0 Å². The summed E-state index contributed by atoms with van der Waals surface area (Å²) in [5.41, 5.74) is 1.65. The molecule has 1 aromatic carbocycles. The van der Waals surface area contributed by atoms with E-state index in [-0.39, 0.29) is 11.7 Å². The molecule has 0 atom stereocenters. The first-order chi connectivity index (χ1) is 11.1. The van der Waals surface area contributed by atoms with Gasteiger partial charge in [-0.2, -0.15) is 0 Å². The normalized spacial score (nSPS) is 10.5. The lowest BCUT2D eigenvalue weighted by Crippen LogP contribution is -2.06. The zero-order valence-corrected chi connectivity index (χ0v) is 12.8. The second-order valence-corrected chi connectivity index (χ2v) is 5.46. The van der Waals surface area contributed by atoms with Gasteiger partial charge in [-0.1, -0.05) is 0 Å². The molecule has 8 nitrogen and oxygen atoms in total. The zero-order chi connectivity index (χ0) is 16.2. The number of thiazole rings is 1. The van der Waals surface area contributed by atoms with Gasteiger partial charge >= 0.3 is 0 Å². The van der Waals surface area contributed by atoms with E-state index in [1.807, 2.05) is 0 Å². The highest BCUT2D eigenvalue weighted by molar-refractivity contribution is 7.13.